The molecule has 0 N–H and O–H groups in total. The molecule has 3 rings (SSSR count). The molecule has 3 heterocycles. The first-order chi connectivity index (χ1) is 10.1. The van der Waals surface area contributed by atoms with Gasteiger partial charge in [0.1, 0.15) is 0 Å². The number of hydrogen-bond donors (Lipinski definition) is 0. The summed E-state index contributed by atoms with van der Waals surface area (Å²) < 4.78 is 0. The molecule has 0 saturated carbocycles. The third-order valence-corrected chi connectivity index (χ3v) is 4.79. The van der Waals surface area contributed by atoms with Gasteiger partial charge in [-0.05, 0) is 39.2 Å². The zero-order chi connectivity index (χ0) is 14.8. The summed E-state index contributed by atoms with van der Waals surface area (Å²) in [5.41, 5.74) is 2.10. The molecule has 0 radical (unpaired) electrons. The van der Waals surface area contributed by atoms with E-state index >= 15 is 0 Å². The maximum atomic E-state index is 11.4. The van der Waals surface area contributed by atoms with Gasteiger partial charge in [-0.25, -0.2) is 0 Å². The Labute approximate surface area is 126 Å². The van der Waals surface area contributed by atoms with E-state index in [9.17, 15) is 4.79 Å². The summed E-state index contributed by atoms with van der Waals surface area (Å²) in [7, 11) is 0. The second-order valence-electron chi connectivity index (χ2n) is 6.22. The van der Waals surface area contributed by atoms with Crippen molar-refractivity contribution in [3.8, 4) is 0 Å². The number of amides is 1. The van der Waals surface area contributed by atoms with Gasteiger partial charge in [0, 0.05) is 38.4 Å². The molecule has 114 valence electrons. The van der Waals surface area contributed by atoms with Crippen molar-refractivity contribution in [1.29, 1.82) is 0 Å². The molecule has 1 atom stereocenters. The lowest BCUT2D eigenvalue weighted by Gasteiger charge is -2.39. The van der Waals surface area contributed by atoms with Gasteiger partial charge in [-0.1, -0.05) is 0 Å². The monoisotopic (exact) mass is 288 g/mol. The number of rotatable bonds is 2. The lowest BCUT2D eigenvalue weighted by Crippen LogP contribution is -2.46. The standard InChI is InChI=1S/C16H24N4O/c1-12-10-17-11-15(18-12)16-4-3-7-20(16)14-5-8-19(9-6-14)13(2)21/h10-11,14,16H,3-9H2,1-2H3/t16-/m1/s1. The Morgan fingerprint density at radius 3 is 2.62 bits per heavy atom. The number of piperidine rings is 1. The molecule has 1 aromatic rings. The van der Waals surface area contributed by atoms with Gasteiger partial charge in [-0.2, -0.15) is 0 Å². The molecule has 2 aliphatic rings. The van der Waals surface area contributed by atoms with Crippen molar-refractivity contribution < 1.29 is 4.79 Å². The highest BCUT2D eigenvalue weighted by atomic mass is 16.2. The summed E-state index contributed by atoms with van der Waals surface area (Å²) in [4.78, 5) is 25.0. The van der Waals surface area contributed by atoms with Crippen LogP contribution >= 0.6 is 0 Å². The highest BCUT2D eigenvalue weighted by Crippen LogP contribution is 2.35. The van der Waals surface area contributed by atoms with E-state index in [2.05, 4.69) is 14.9 Å². The lowest BCUT2D eigenvalue weighted by molar-refractivity contribution is -0.130. The molecule has 0 aromatic carbocycles. The summed E-state index contributed by atoms with van der Waals surface area (Å²) >= 11 is 0. The highest BCUT2D eigenvalue weighted by molar-refractivity contribution is 5.73. The zero-order valence-corrected chi connectivity index (χ0v) is 13.0. The van der Waals surface area contributed by atoms with Gasteiger partial charge in [0.05, 0.1) is 17.4 Å². The van der Waals surface area contributed by atoms with Gasteiger partial charge in [0.15, 0.2) is 0 Å². The van der Waals surface area contributed by atoms with Gasteiger partial charge in [0.25, 0.3) is 0 Å². The van der Waals surface area contributed by atoms with E-state index in [4.69, 9.17) is 0 Å². The maximum Gasteiger partial charge on any atom is 0.219 e. The van der Waals surface area contributed by atoms with Crippen molar-refractivity contribution in [1.82, 2.24) is 19.8 Å². The molecule has 0 unspecified atom stereocenters. The van der Waals surface area contributed by atoms with Gasteiger partial charge in [-0.15, -0.1) is 0 Å². The first-order valence-corrected chi connectivity index (χ1v) is 7.95. The molecule has 1 amide bonds. The third kappa shape index (κ3) is 3.07. The number of carbonyl (C=O) groups is 1. The van der Waals surface area contributed by atoms with E-state index in [0.29, 0.717) is 12.1 Å². The van der Waals surface area contributed by atoms with Crippen LogP contribution in [-0.4, -0.2) is 51.4 Å². The fourth-order valence-corrected chi connectivity index (χ4v) is 3.70. The number of carbonyl (C=O) groups excluding carboxylic acids is 1. The van der Waals surface area contributed by atoms with Crippen LogP contribution in [0.25, 0.3) is 0 Å². The van der Waals surface area contributed by atoms with Crippen molar-refractivity contribution >= 4 is 5.91 Å². The average Bonchev–Trinajstić information content (AvgIpc) is 2.97. The van der Waals surface area contributed by atoms with Crippen LogP contribution < -0.4 is 0 Å². The summed E-state index contributed by atoms with van der Waals surface area (Å²) in [6, 6.07) is 0.988. The van der Waals surface area contributed by atoms with E-state index in [1.807, 2.05) is 24.2 Å². The topological polar surface area (TPSA) is 49.3 Å². The Morgan fingerprint density at radius 1 is 1.19 bits per heavy atom. The Kier molecular flexibility index (Phi) is 4.19. The minimum atomic E-state index is 0.205. The quantitative estimate of drug-likeness (QED) is 0.834. The fraction of sp³-hybridized carbons (Fsp3) is 0.688. The largest absolute Gasteiger partial charge is 0.343 e. The van der Waals surface area contributed by atoms with Gasteiger partial charge in [0.2, 0.25) is 5.91 Å². The molecule has 0 spiro atoms. The summed E-state index contributed by atoms with van der Waals surface area (Å²) in [5, 5.41) is 0. The van der Waals surface area contributed by atoms with Gasteiger partial charge >= 0.3 is 0 Å². The molecule has 5 heteroatoms. The molecule has 2 aliphatic heterocycles. The SMILES string of the molecule is CC(=O)N1CCC(N2CCC[C@@H]2c2cncc(C)n2)CC1. The number of nitrogens with zero attached hydrogens (tertiary/aromatic N) is 4. The van der Waals surface area contributed by atoms with E-state index < -0.39 is 0 Å². The highest BCUT2D eigenvalue weighted by Gasteiger charge is 2.34. The first kappa shape index (κ1) is 14.4. The minimum absolute atomic E-state index is 0.205. The minimum Gasteiger partial charge on any atom is -0.343 e. The molecule has 2 saturated heterocycles. The van der Waals surface area contributed by atoms with Crippen molar-refractivity contribution in [2.24, 2.45) is 0 Å². The molecule has 2 fully saturated rings. The van der Waals surface area contributed by atoms with Crippen LogP contribution in [0.15, 0.2) is 12.4 Å². The Bertz CT molecular complexity index is 511. The molecule has 1 aromatic heterocycles. The Hall–Kier alpha value is -1.49. The lowest BCUT2D eigenvalue weighted by atomic mass is 10.0. The number of hydrogen-bond acceptors (Lipinski definition) is 4. The Morgan fingerprint density at radius 2 is 1.95 bits per heavy atom. The zero-order valence-electron chi connectivity index (χ0n) is 13.0. The molecular weight excluding hydrogens is 264 g/mol. The number of likely N-dealkylation sites (tertiary alicyclic amines) is 2. The van der Waals surface area contributed by atoms with Crippen LogP contribution in [-0.2, 0) is 4.79 Å². The van der Waals surface area contributed by atoms with E-state index in [1.165, 1.54) is 12.8 Å². The molecule has 0 aliphatic carbocycles. The summed E-state index contributed by atoms with van der Waals surface area (Å²) in [6.07, 6.45) is 8.29. The normalized spacial score (nSPS) is 24.5. The van der Waals surface area contributed by atoms with E-state index in [-0.39, 0.29) is 5.91 Å². The molecule has 0 bridgehead atoms. The van der Waals surface area contributed by atoms with Crippen molar-refractivity contribution in [2.45, 2.75) is 51.6 Å². The second-order valence-corrected chi connectivity index (χ2v) is 6.22. The van der Waals surface area contributed by atoms with Crippen molar-refractivity contribution in [2.75, 3.05) is 19.6 Å². The summed E-state index contributed by atoms with van der Waals surface area (Å²) in [5.74, 6) is 0.205. The molecular formula is C16H24N4O. The van der Waals surface area contributed by atoms with Crippen LogP contribution in [0.1, 0.15) is 50.0 Å². The molecule has 21 heavy (non-hydrogen) atoms. The van der Waals surface area contributed by atoms with Crippen LogP contribution in [0.2, 0.25) is 0 Å². The third-order valence-electron chi connectivity index (χ3n) is 4.79. The van der Waals surface area contributed by atoms with E-state index in [1.54, 1.807) is 6.92 Å². The fourth-order valence-electron chi connectivity index (χ4n) is 3.70. The van der Waals surface area contributed by atoms with Crippen LogP contribution in [0, 0.1) is 6.92 Å². The maximum absolute atomic E-state index is 11.4. The van der Waals surface area contributed by atoms with E-state index in [0.717, 1.165) is 43.9 Å². The first-order valence-electron chi connectivity index (χ1n) is 7.95. The molecule has 5 nitrogen and oxygen atoms in total. The Balaban J connectivity index is 1.69. The van der Waals surface area contributed by atoms with Crippen molar-refractivity contribution in [3.05, 3.63) is 23.8 Å². The predicted molar refractivity (Wildman–Crippen MR) is 80.7 cm³/mol. The number of aromatic nitrogens is 2. The smallest absolute Gasteiger partial charge is 0.219 e. The van der Waals surface area contributed by atoms with Crippen LogP contribution in [0.3, 0.4) is 0 Å². The van der Waals surface area contributed by atoms with Crippen molar-refractivity contribution in [3.63, 3.8) is 0 Å². The average molecular weight is 288 g/mol. The van der Waals surface area contributed by atoms with Crippen LogP contribution in [0.5, 0.6) is 0 Å². The predicted octanol–water partition coefficient (Wildman–Crippen LogP) is 1.93. The van der Waals surface area contributed by atoms with Gasteiger partial charge < -0.3 is 4.90 Å². The summed E-state index contributed by atoms with van der Waals surface area (Å²) in [6.45, 7) is 6.60. The van der Waals surface area contributed by atoms with Crippen LogP contribution in [0.4, 0.5) is 0 Å². The number of aryl methyl sites for hydroxylation is 1. The van der Waals surface area contributed by atoms with Gasteiger partial charge in [-0.3, -0.25) is 19.7 Å². The second kappa shape index (κ2) is 6.10.